The van der Waals surface area contributed by atoms with Crippen molar-refractivity contribution in [2.24, 2.45) is 4.99 Å². The van der Waals surface area contributed by atoms with Gasteiger partial charge in [0.1, 0.15) is 0 Å². The van der Waals surface area contributed by atoms with E-state index in [-0.39, 0.29) is 0 Å². The molecule has 0 unspecified atom stereocenters. The first kappa shape index (κ1) is 17.0. The summed E-state index contributed by atoms with van der Waals surface area (Å²) in [7, 11) is 3.85. The van der Waals surface area contributed by atoms with Gasteiger partial charge in [-0.1, -0.05) is 34.1 Å². The highest BCUT2D eigenvalue weighted by atomic mass is 79.9. The summed E-state index contributed by atoms with van der Waals surface area (Å²) in [4.78, 5) is 12.2. The van der Waals surface area contributed by atoms with E-state index in [4.69, 9.17) is 0 Å². The van der Waals surface area contributed by atoms with E-state index in [0.29, 0.717) is 0 Å². The number of halogens is 1. The van der Waals surface area contributed by atoms with E-state index in [9.17, 15) is 0 Å². The first-order valence-electron chi connectivity index (χ1n) is 7.09. The van der Waals surface area contributed by atoms with Gasteiger partial charge in [-0.25, -0.2) is 4.98 Å². The lowest BCUT2D eigenvalue weighted by Crippen LogP contribution is -2.38. The summed E-state index contributed by atoms with van der Waals surface area (Å²) < 4.78 is 1.12. The Kier molecular flexibility index (Phi) is 5.97. The molecule has 0 saturated heterocycles. The van der Waals surface area contributed by atoms with E-state index < -0.39 is 0 Å². The number of aliphatic imine (C=N–C) groups is 1. The van der Waals surface area contributed by atoms with Crippen molar-refractivity contribution in [2.75, 3.05) is 14.1 Å². The lowest BCUT2D eigenvalue weighted by Gasteiger charge is -2.22. The minimum atomic E-state index is 0.754. The van der Waals surface area contributed by atoms with Gasteiger partial charge >= 0.3 is 0 Å². The summed E-state index contributed by atoms with van der Waals surface area (Å²) in [6.07, 6.45) is 0. The number of hydrogen-bond donors (Lipinski definition) is 1. The van der Waals surface area contributed by atoms with E-state index in [1.54, 1.807) is 11.3 Å². The molecule has 0 aliphatic rings. The minimum Gasteiger partial charge on any atom is -0.351 e. The molecule has 2 rings (SSSR count). The largest absolute Gasteiger partial charge is 0.351 e. The number of thiazole rings is 1. The van der Waals surface area contributed by atoms with Crippen molar-refractivity contribution in [1.82, 2.24) is 15.2 Å². The third-order valence-electron chi connectivity index (χ3n) is 3.35. The van der Waals surface area contributed by atoms with Crippen molar-refractivity contribution in [1.29, 1.82) is 0 Å². The second-order valence-electron chi connectivity index (χ2n) is 5.09. The van der Waals surface area contributed by atoms with Crippen LogP contribution in [0.15, 0.2) is 33.7 Å². The highest BCUT2D eigenvalue weighted by Crippen LogP contribution is 2.18. The number of aromatic nitrogens is 1. The second kappa shape index (κ2) is 7.74. The van der Waals surface area contributed by atoms with E-state index in [1.165, 1.54) is 10.4 Å². The zero-order valence-electron chi connectivity index (χ0n) is 13.4. The molecule has 0 atom stereocenters. The molecule has 1 heterocycles. The number of rotatable bonds is 4. The summed E-state index contributed by atoms with van der Waals surface area (Å²) in [5, 5.41) is 4.51. The maximum Gasteiger partial charge on any atom is 0.193 e. The Labute approximate surface area is 144 Å². The van der Waals surface area contributed by atoms with Crippen LogP contribution in [0.2, 0.25) is 0 Å². The van der Waals surface area contributed by atoms with Crippen LogP contribution in [0.4, 0.5) is 0 Å². The van der Waals surface area contributed by atoms with Gasteiger partial charge in [-0.05, 0) is 25.5 Å². The highest BCUT2D eigenvalue weighted by Gasteiger charge is 2.10. The van der Waals surface area contributed by atoms with Crippen molar-refractivity contribution in [3.05, 3.63) is 49.9 Å². The number of guanidine groups is 1. The molecule has 0 fully saturated rings. The van der Waals surface area contributed by atoms with Crippen LogP contribution in [0, 0.1) is 13.8 Å². The van der Waals surface area contributed by atoms with Gasteiger partial charge in [-0.2, -0.15) is 0 Å². The summed E-state index contributed by atoms with van der Waals surface area (Å²) in [6, 6.07) is 8.25. The van der Waals surface area contributed by atoms with Crippen LogP contribution < -0.4 is 5.32 Å². The molecular weight excluding hydrogens is 360 g/mol. The molecule has 1 N–H and O–H groups in total. The molecule has 4 nitrogen and oxygen atoms in total. The zero-order valence-corrected chi connectivity index (χ0v) is 15.8. The van der Waals surface area contributed by atoms with Crippen LogP contribution in [0.1, 0.15) is 21.1 Å². The monoisotopic (exact) mass is 380 g/mol. The topological polar surface area (TPSA) is 40.5 Å². The molecule has 2 aromatic rings. The zero-order chi connectivity index (χ0) is 16.1. The van der Waals surface area contributed by atoms with Crippen molar-refractivity contribution >= 4 is 33.2 Å². The van der Waals surface area contributed by atoms with Crippen LogP contribution in [0.5, 0.6) is 0 Å². The molecule has 0 bridgehead atoms. The molecule has 0 aliphatic heterocycles. The van der Waals surface area contributed by atoms with Crippen LogP contribution in [-0.2, 0) is 13.1 Å². The summed E-state index contributed by atoms with van der Waals surface area (Å²) in [5.41, 5.74) is 2.33. The third-order valence-corrected chi connectivity index (χ3v) is 5.19. The normalized spacial score (nSPS) is 11.6. The first-order chi connectivity index (χ1) is 10.5. The fraction of sp³-hybridized carbons (Fsp3) is 0.375. The predicted octanol–water partition coefficient (Wildman–Crippen LogP) is 3.73. The van der Waals surface area contributed by atoms with Crippen molar-refractivity contribution in [3.63, 3.8) is 0 Å². The molecule has 0 spiro atoms. The van der Waals surface area contributed by atoms with Crippen LogP contribution >= 0.6 is 27.3 Å². The van der Waals surface area contributed by atoms with Crippen LogP contribution in [-0.4, -0.2) is 29.9 Å². The van der Waals surface area contributed by atoms with Gasteiger partial charge < -0.3 is 10.2 Å². The molecule has 6 heteroatoms. The molecular formula is C16H21BrN4S. The lowest BCUT2D eigenvalue weighted by molar-refractivity contribution is 0.476. The van der Waals surface area contributed by atoms with E-state index in [2.05, 4.69) is 48.3 Å². The average molecular weight is 381 g/mol. The number of hydrogen-bond acceptors (Lipinski definition) is 3. The second-order valence-corrected chi connectivity index (χ2v) is 7.23. The number of aryl methyl sites for hydroxylation is 2. The fourth-order valence-corrected chi connectivity index (χ4v) is 3.53. The van der Waals surface area contributed by atoms with Gasteiger partial charge in [0.15, 0.2) is 5.96 Å². The quantitative estimate of drug-likeness (QED) is 0.648. The first-order valence-corrected chi connectivity index (χ1v) is 8.70. The Morgan fingerprint density at radius 2 is 2.09 bits per heavy atom. The van der Waals surface area contributed by atoms with Gasteiger partial charge in [0, 0.05) is 30.0 Å². The Morgan fingerprint density at radius 1 is 1.36 bits per heavy atom. The van der Waals surface area contributed by atoms with Crippen molar-refractivity contribution in [2.45, 2.75) is 26.9 Å². The SMILES string of the molecule is CN=C(NCc1sc(C)nc1C)N(C)Cc1ccccc1Br. The van der Waals surface area contributed by atoms with E-state index in [0.717, 1.165) is 34.2 Å². The molecule has 0 saturated carbocycles. The highest BCUT2D eigenvalue weighted by molar-refractivity contribution is 9.10. The Balaban J connectivity index is 1.99. The molecule has 0 amide bonds. The Hall–Kier alpha value is -1.40. The van der Waals surface area contributed by atoms with Crippen molar-refractivity contribution in [3.8, 4) is 0 Å². The summed E-state index contributed by atoms with van der Waals surface area (Å²) in [6.45, 7) is 5.63. The van der Waals surface area contributed by atoms with E-state index in [1.807, 2.05) is 40.1 Å². The fourth-order valence-electron chi connectivity index (χ4n) is 2.24. The lowest BCUT2D eigenvalue weighted by atomic mass is 10.2. The van der Waals surface area contributed by atoms with Crippen molar-refractivity contribution < 1.29 is 0 Å². The van der Waals surface area contributed by atoms with Crippen LogP contribution in [0.3, 0.4) is 0 Å². The molecule has 0 aliphatic carbocycles. The summed E-state index contributed by atoms with van der Waals surface area (Å²) in [5.74, 6) is 0.876. The number of benzene rings is 1. The smallest absolute Gasteiger partial charge is 0.193 e. The molecule has 118 valence electrons. The number of nitrogens with one attached hydrogen (secondary N) is 1. The van der Waals surface area contributed by atoms with Gasteiger partial charge in [0.25, 0.3) is 0 Å². The molecule has 1 aromatic heterocycles. The number of nitrogens with zero attached hydrogens (tertiary/aromatic N) is 3. The Morgan fingerprint density at radius 3 is 2.68 bits per heavy atom. The predicted molar refractivity (Wildman–Crippen MR) is 97.4 cm³/mol. The van der Waals surface area contributed by atoms with Gasteiger partial charge in [-0.3, -0.25) is 4.99 Å². The standard InChI is InChI=1S/C16H21BrN4S/c1-11-15(22-12(2)20-11)9-19-16(18-3)21(4)10-13-7-5-6-8-14(13)17/h5-8H,9-10H2,1-4H3,(H,18,19). The third kappa shape index (κ3) is 4.30. The minimum absolute atomic E-state index is 0.754. The van der Waals surface area contributed by atoms with Gasteiger partial charge in [0.05, 0.1) is 17.2 Å². The average Bonchev–Trinajstić information content (AvgIpc) is 2.80. The van der Waals surface area contributed by atoms with E-state index >= 15 is 0 Å². The Bertz CT molecular complexity index is 666. The summed E-state index contributed by atoms with van der Waals surface area (Å²) >= 11 is 5.32. The van der Waals surface area contributed by atoms with Gasteiger partial charge in [-0.15, -0.1) is 11.3 Å². The molecule has 1 aromatic carbocycles. The maximum atomic E-state index is 4.46. The molecule has 0 radical (unpaired) electrons. The molecule has 22 heavy (non-hydrogen) atoms. The maximum absolute atomic E-state index is 4.46. The van der Waals surface area contributed by atoms with Gasteiger partial charge in [0.2, 0.25) is 0 Å². The van der Waals surface area contributed by atoms with Crippen LogP contribution in [0.25, 0.3) is 0 Å².